The van der Waals surface area contributed by atoms with Crippen molar-refractivity contribution in [2.45, 2.75) is 6.42 Å². The van der Waals surface area contributed by atoms with E-state index in [1.165, 1.54) is 0 Å². The van der Waals surface area contributed by atoms with Gasteiger partial charge in [-0.25, -0.2) is 0 Å². The van der Waals surface area contributed by atoms with E-state index in [9.17, 15) is 9.59 Å². The van der Waals surface area contributed by atoms with Gasteiger partial charge in [-0.15, -0.1) is 6.42 Å². The summed E-state index contributed by atoms with van der Waals surface area (Å²) in [6.07, 6.45) is 5.18. The largest absolute Gasteiger partial charge is 0.493 e. The molecule has 5 nitrogen and oxygen atoms in total. The van der Waals surface area contributed by atoms with Crippen molar-refractivity contribution in [2.24, 2.45) is 0 Å². The molecule has 106 valence electrons. The first-order valence-corrected chi connectivity index (χ1v) is 6.63. The second-order valence-electron chi connectivity index (χ2n) is 3.90. The van der Waals surface area contributed by atoms with Gasteiger partial charge in [0, 0.05) is 4.47 Å². The smallest absolute Gasteiger partial charge is 0.323 e. The van der Waals surface area contributed by atoms with Crippen LogP contribution in [0.15, 0.2) is 28.7 Å². The van der Waals surface area contributed by atoms with Gasteiger partial charge in [-0.05, 0) is 24.3 Å². The van der Waals surface area contributed by atoms with Crippen molar-refractivity contribution >= 4 is 27.8 Å². The van der Waals surface area contributed by atoms with Gasteiger partial charge in [0.05, 0.1) is 19.6 Å². The molecule has 0 bridgehead atoms. The van der Waals surface area contributed by atoms with Crippen molar-refractivity contribution in [1.29, 1.82) is 0 Å². The first kappa shape index (κ1) is 16.1. The predicted molar refractivity (Wildman–Crippen MR) is 77.3 cm³/mol. The molecule has 0 aliphatic rings. The van der Waals surface area contributed by atoms with E-state index in [-0.39, 0.29) is 25.5 Å². The number of halogens is 1. The zero-order chi connectivity index (χ0) is 15.0. The highest BCUT2D eigenvalue weighted by molar-refractivity contribution is 9.10. The normalized spacial score (nSPS) is 9.60. The Kier molecular flexibility index (Phi) is 6.60. The van der Waals surface area contributed by atoms with Crippen molar-refractivity contribution in [2.75, 3.05) is 19.7 Å². The second kappa shape index (κ2) is 8.23. The molecular weight excluding hydrogens is 326 g/mol. The van der Waals surface area contributed by atoms with Gasteiger partial charge in [0.25, 0.3) is 0 Å². The standard InChI is InChI=1S/C14H14BrNO4/c1-2-8-16(10-14(18)19)13(17)7-9-20-12-5-3-11(15)4-6-12/h1,3-6H,7-10H2,(H,18,19). The molecule has 0 radical (unpaired) electrons. The number of ether oxygens (including phenoxy) is 1. The fraction of sp³-hybridized carbons (Fsp3) is 0.286. The Bertz CT molecular complexity index is 507. The van der Waals surface area contributed by atoms with E-state index in [2.05, 4.69) is 21.9 Å². The van der Waals surface area contributed by atoms with Crippen molar-refractivity contribution in [3.8, 4) is 18.1 Å². The first-order chi connectivity index (χ1) is 9.52. The fourth-order valence-electron chi connectivity index (χ4n) is 1.45. The second-order valence-corrected chi connectivity index (χ2v) is 4.82. The maximum absolute atomic E-state index is 11.8. The molecule has 20 heavy (non-hydrogen) atoms. The Morgan fingerprint density at radius 1 is 1.35 bits per heavy atom. The number of hydrogen-bond acceptors (Lipinski definition) is 3. The van der Waals surface area contributed by atoms with Gasteiger partial charge in [-0.2, -0.15) is 0 Å². The first-order valence-electron chi connectivity index (χ1n) is 5.84. The number of hydrogen-bond donors (Lipinski definition) is 1. The Morgan fingerprint density at radius 3 is 2.55 bits per heavy atom. The van der Waals surface area contributed by atoms with Crippen LogP contribution in [0.3, 0.4) is 0 Å². The lowest BCUT2D eigenvalue weighted by Gasteiger charge is -2.17. The van der Waals surface area contributed by atoms with Gasteiger partial charge < -0.3 is 14.7 Å². The summed E-state index contributed by atoms with van der Waals surface area (Å²) in [6.45, 7) is -0.258. The van der Waals surface area contributed by atoms with Gasteiger partial charge in [0.2, 0.25) is 5.91 Å². The number of carboxylic acid groups (broad SMARTS) is 1. The van der Waals surface area contributed by atoms with Crippen LogP contribution in [0.1, 0.15) is 6.42 Å². The number of benzene rings is 1. The molecule has 1 aromatic rings. The third-order valence-electron chi connectivity index (χ3n) is 2.36. The Morgan fingerprint density at radius 2 is 2.00 bits per heavy atom. The number of carbonyl (C=O) groups excluding carboxylic acids is 1. The molecule has 0 heterocycles. The van der Waals surface area contributed by atoms with E-state index in [0.717, 1.165) is 9.37 Å². The monoisotopic (exact) mass is 339 g/mol. The molecule has 1 rings (SSSR count). The number of aliphatic carboxylic acids is 1. The summed E-state index contributed by atoms with van der Waals surface area (Å²) in [4.78, 5) is 23.5. The quantitative estimate of drug-likeness (QED) is 0.768. The Balaban J connectivity index is 2.42. The third-order valence-corrected chi connectivity index (χ3v) is 2.89. The number of amides is 1. The molecule has 1 aromatic carbocycles. The average molecular weight is 340 g/mol. The van der Waals surface area contributed by atoms with Crippen LogP contribution in [0, 0.1) is 12.3 Å². The molecule has 1 N–H and O–H groups in total. The zero-order valence-corrected chi connectivity index (χ0v) is 12.3. The van der Waals surface area contributed by atoms with E-state index in [1.54, 1.807) is 12.1 Å². The molecule has 0 spiro atoms. The lowest BCUT2D eigenvalue weighted by atomic mass is 10.3. The molecule has 0 atom stereocenters. The summed E-state index contributed by atoms with van der Waals surface area (Å²) in [6, 6.07) is 7.19. The van der Waals surface area contributed by atoms with Crippen LogP contribution in [0.25, 0.3) is 0 Å². The van der Waals surface area contributed by atoms with E-state index < -0.39 is 12.5 Å². The minimum absolute atomic E-state index is 0.0244. The van der Waals surface area contributed by atoms with Gasteiger partial charge >= 0.3 is 5.97 Å². The van der Waals surface area contributed by atoms with E-state index in [1.807, 2.05) is 12.1 Å². The van der Waals surface area contributed by atoms with E-state index >= 15 is 0 Å². The van der Waals surface area contributed by atoms with Crippen LogP contribution in [0.5, 0.6) is 5.75 Å². The highest BCUT2D eigenvalue weighted by Gasteiger charge is 2.15. The molecular formula is C14H14BrNO4. The number of rotatable bonds is 7. The van der Waals surface area contributed by atoms with Crippen LogP contribution < -0.4 is 4.74 Å². The van der Waals surface area contributed by atoms with Gasteiger partial charge in [-0.3, -0.25) is 9.59 Å². The van der Waals surface area contributed by atoms with Crippen molar-refractivity contribution in [3.63, 3.8) is 0 Å². The Hall–Kier alpha value is -2.00. The van der Waals surface area contributed by atoms with E-state index in [0.29, 0.717) is 5.75 Å². The summed E-state index contributed by atoms with van der Waals surface area (Å²) in [5.74, 6) is 1.47. The summed E-state index contributed by atoms with van der Waals surface area (Å²) >= 11 is 3.31. The van der Waals surface area contributed by atoms with Crippen LogP contribution in [-0.4, -0.2) is 41.6 Å². The molecule has 0 aliphatic carbocycles. The number of carbonyl (C=O) groups is 2. The molecule has 6 heteroatoms. The zero-order valence-electron chi connectivity index (χ0n) is 10.7. The minimum atomic E-state index is -1.09. The summed E-state index contributed by atoms with van der Waals surface area (Å²) in [5, 5.41) is 8.69. The van der Waals surface area contributed by atoms with Crippen molar-refractivity contribution in [3.05, 3.63) is 28.7 Å². The summed E-state index contributed by atoms with van der Waals surface area (Å²) in [7, 11) is 0. The molecule has 0 saturated heterocycles. The van der Waals surface area contributed by atoms with Crippen molar-refractivity contribution < 1.29 is 19.4 Å². The van der Waals surface area contributed by atoms with Crippen LogP contribution in [-0.2, 0) is 9.59 Å². The summed E-state index contributed by atoms with van der Waals surface area (Å²) in [5.41, 5.74) is 0. The Labute approximate surface area is 125 Å². The highest BCUT2D eigenvalue weighted by atomic mass is 79.9. The molecule has 0 fully saturated rings. The van der Waals surface area contributed by atoms with Gasteiger partial charge in [0.1, 0.15) is 12.3 Å². The van der Waals surface area contributed by atoms with Crippen molar-refractivity contribution in [1.82, 2.24) is 4.90 Å². The van der Waals surface area contributed by atoms with Crippen LogP contribution >= 0.6 is 15.9 Å². The third kappa shape index (κ3) is 5.76. The molecule has 0 saturated carbocycles. The number of nitrogens with zero attached hydrogens (tertiary/aromatic N) is 1. The molecule has 0 unspecified atom stereocenters. The molecule has 1 amide bonds. The number of terminal acetylenes is 1. The summed E-state index contributed by atoms with van der Waals surface area (Å²) < 4.78 is 6.33. The fourth-order valence-corrected chi connectivity index (χ4v) is 1.72. The average Bonchev–Trinajstić information content (AvgIpc) is 2.40. The predicted octanol–water partition coefficient (Wildman–Crippen LogP) is 1.76. The number of carboxylic acids is 1. The minimum Gasteiger partial charge on any atom is -0.493 e. The van der Waals surface area contributed by atoms with Crippen LogP contribution in [0.4, 0.5) is 0 Å². The maximum Gasteiger partial charge on any atom is 0.323 e. The molecule has 0 aromatic heterocycles. The van der Waals surface area contributed by atoms with Gasteiger partial charge in [-0.1, -0.05) is 21.9 Å². The lowest BCUT2D eigenvalue weighted by molar-refractivity contribution is -0.144. The van der Waals surface area contributed by atoms with E-state index in [4.69, 9.17) is 16.3 Å². The SMILES string of the molecule is C#CCN(CC(=O)O)C(=O)CCOc1ccc(Br)cc1. The van der Waals surface area contributed by atoms with Crippen LogP contribution in [0.2, 0.25) is 0 Å². The maximum atomic E-state index is 11.8. The lowest BCUT2D eigenvalue weighted by Crippen LogP contribution is -2.36. The topological polar surface area (TPSA) is 66.8 Å². The van der Waals surface area contributed by atoms with Gasteiger partial charge in [0.15, 0.2) is 0 Å². The highest BCUT2D eigenvalue weighted by Crippen LogP contribution is 2.16. The molecule has 0 aliphatic heterocycles.